The van der Waals surface area contributed by atoms with E-state index < -0.39 is 26.4 Å². The fourth-order valence-corrected chi connectivity index (χ4v) is 2.94. The zero-order valence-corrected chi connectivity index (χ0v) is 17.6. The van der Waals surface area contributed by atoms with Crippen molar-refractivity contribution in [3.63, 3.8) is 0 Å². The SMILES string of the molecule is COC(=O)C[C@@H](CO[Si](C)(C)C(C)(C)C)NC(=O)OCc1ccccc1. The molecule has 0 aliphatic rings. The van der Waals surface area contributed by atoms with Gasteiger partial charge in [0.2, 0.25) is 0 Å². The van der Waals surface area contributed by atoms with E-state index in [4.69, 9.17) is 13.9 Å². The summed E-state index contributed by atoms with van der Waals surface area (Å²) in [5.41, 5.74) is 0.893. The van der Waals surface area contributed by atoms with Gasteiger partial charge in [0.1, 0.15) is 6.61 Å². The number of carbonyl (C=O) groups excluding carboxylic acids is 2. The van der Waals surface area contributed by atoms with Gasteiger partial charge in [0.15, 0.2) is 8.32 Å². The molecule has 0 heterocycles. The molecule has 0 fully saturated rings. The lowest BCUT2D eigenvalue weighted by Crippen LogP contribution is -2.47. The first-order valence-electron chi connectivity index (χ1n) is 8.73. The summed E-state index contributed by atoms with van der Waals surface area (Å²) >= 11 is 0. The van der Waals surface area contributed by atoms with E-state index in [1.54, 1.807) is 0 Å². The largest absolute Gasteiger partial charge is 0.469 e. The minimum atomic E-state index is -2.00. The van der Waals surface area contributed by atoms with E-state index in [2.05, 4.69) is 39.2 Å². The molecule has 146 valence electrons. The van der Waals surface area contributed by atoms with Crippen LogP contribution in [-0.4, -0.2) is 40.1 Å². The van der Waals surface area contributed by atoms with E-state index in [1.165, 1.54) is 7.11 Å². The third-order valence-electron chi connectivity index (χ3n) is 4.63. The number of methoxy groups -OCH3 is 1. The van der Waals surface area contributed by atoms with Gasteiger partial charge in [-0.1, -0.05) is 51.1 Å². The fourth-order valence-electron chi connectivity index (χ4n) is 1.89. The Bertz CT molecular complexity index is 583. The summed E-state index contributed by atoms with van der Waals surface area (Å²) in [6.45, 7) is 11.1. The number of alkyl carbamates (subject to hydrolysis) is 1. The lowest BCUT2D eigenvalue weighted by Gasteiger charge is -2.37. The van der Waals surface area contributed by atoms with Crippen molar-refractivity contribution < 1.29 is 23.5 Å². The number of amides is 1. The van der Waals surface area contributed by atoms with E-state index >= 15 is 0 Å². The first-order chi connectivity index (χ1) is 12.0. The van der Waals surface area contributed by atoms with Gasteiger partial charge in [0.25, 0.3) is 0 Å². The van der Waals surface area contributed by atoms with Crippen molar-refractivity contribution in [2.24, 2.45) is 0 Å². The molecule has 1 aromatic rings. The molecule has 6 nitrogen and oxygen atoms in total. The van der Waals surface area contributed by atoms with E-state index in [0.29, 0.717) is 0 Å². The third kappa shape index (κ3) is 7.57. The van der Waals surface area contributed by atoms with Crippen LogP contribution < -0.4 is 5.32 Å². The Labute approximate surface area is 157 Å². The summed E-state index contributed by atoms with van der Waals surface area (Å²) in [5, 5.41) is 2.75. The van der Waals surface area contributed by atoms with Crippen molar-refractivity contribution in [3.8, 4) is 0 Å². The maximum atomic E-state index is 12.1. The summed E-state index contributed by atoms with van der Waals surface area (Å²) in [7, 11) is -0.674. The van der Waals surface area contributed by atoms with Gasteiger partial charge in [-0.2, -0.15) is 0 Å². The first-order valence-corrected chi connectivity index (χ1v) is 11.6. The van der Waals surface area contributed by atoms with Gasteiger partial charge in [-0.3, -0.25) is 4.79 Å². The predicted octanol–water partition coefficient (Wildman–Crippen LogP) is 3.87. The average molecular weight is 382 g/mol. The number of carbonyl (C=O) groups is 2. The molecular formula is C19H31NO5Si. The number of hydrogen-bond donors (Lipinski definition) is 1. The van der Waals surface area contributed by atoms with Crippen LogP contribution in [0.5, 0.6) is 0 Å². The number of nitrogens with one attached hydrogen (secondary N) is 1. The lowest BCUT2D eigenvalue weighted by molar-refractivity contribution is -0.141. The normalized spacial score (nSPS) is 13.0. The summed E-state index contributed by atoms with van der Waals surface area (Å²) in [6, 6.07) is 8.90. The van der Waals surface area contributed by atoms with Crippen molar-refractivity contribution in [1.29, 1.82) is 0 Å². The standard InChI is InChI=1S/C19H31NO5Si/c1-19(2,3)26(5,6)25-14-16(12-17(21)23-4)20-18(22)24-13-15-10-8-7-9-11-15/h7-11,16H,12-14H2,1-6H3,(H,20,22)/t16-/m0/s1. The van der Waals surface area contributed by atoms with Gasteiger partial charge in [0, 0.05) is 0 Å². The average Bonchev–Trinajstić information content (AvgIpc) is 2.57. The number of rotatable bonds is 8. The molecular weight excluding hydrogens is 350 g/mol. The molecule has 0 aliphatic carbocycles. The van der Waals surface area contributed by atoms with Crippen molar-refractivity contribution in [3.05, 3.63) is 35.9 Å². The highest BCUT2D eigenvalue weighted by Gasteiger charge is 2.38. The van der Waals surface area contributed by atoms with Crippen LogP contribution in [0.15, 0.2) is 30.3 Å². The van der Waals surface area contributed by atoms with Gasteiger partial charge < -0.3 is 19.2 Å². The number of ether oxygens (including phenoxy) is 2. The summed E-state index contributed by atoms with van der Waals surface area (Å²) in [4.78, 5) is 23.7. The monoisotopic (exact) mass is 381 g/mol. The number of esters is 1. The van der Waals surface area contributed by atoms with Crippen molar-refractivity contribution >= 4 is 20.4 Å². The van der Waals surface area contributed by atoms with Crippen LogP contribution in [0.1, 0.15) is 32.8 Å². The predicted molar refractivity (Wildman–Crippen MR) is 103 cm³/mol. The van der Waals surface area contributed by atoms with E-state index in [0.717, 1.165) is 5.56 Å². The van der Waals surface area contributed by atoms with Crippen LogP contribution in [0.25, 0.3) is 0 Å². The van der Waals surface area contributed by atoms with Crippen LogP contribution in [0.3, 0.4) is 0 Å². The smallest absolute Gasteiger partial charge is 0.407 e. The molecule has 7 heteroatoms. The van der Waals surface area contributed by atoms with Gasteiger partial charge in [-0.25, -0.2) is 4.79 Å². The molecule has 0 unspecified atom stereocenters. The van der Waals surface area contributed by atoms with Crippen LogP contribution in [0, 0.1) is 0 Å². The minimum Gasteiger partial charge on any atom is -0.469 e. The van der Waals surface area contributed by atoms with Crippen LogP contribution in [0.2, 0.25) is 18.1 Å². The third-order valence-corrected chi connectivity index (χ3v) is 9.13. The Hall–Kier alpha value is -1.86. The minimum absolute atomic E-state index is 0.0333. The number of hydrogen-bond acceptors (Lipinski definition) is 5. The molecule has 1 N–H and O–H groups in total. The zero-order chi connectivity index (χ0) is 19.8. The second-order valence-electron chi connectivity index (χ2n) is 7.75. The molecule has 1 aromatic carbocycles. The Morgan fingerprint density at radius 2 is 1.77 bits per heavy atom. The molecule has 0 radical (unpaired) electrons. The molecule has 1 rings (SSSR count). The molecule has 26 heavy (non-hydrogen) atoms. The summed E-state index contributed by atoms with van der Waals surface area (Å²) in [6.07, 6.45) is -0.549. The molecule has 1 atom stereocenters. The van der Waals surface area contributed by atoms with E-state index in [9.17, 15) is 9.59 Å². The Morgan fingerprint density at radius 1 is 1.15 bits per heavy atom. The molecule has 0 bridgehead atoms. The molecule has 0 spiro atoms. The molecule has 0 aliphatic heterocycles. The van der Waals surface area contributed by atoms with Crippen molar-refractivity contribution in [2.75, 3.05) is 13.7 Å². The van der Waals surface area contributed by atoms with Gasteiger partial charge in [-0.15, -0.1) is 0 Å². The first kappa shape index (κ1) is 22.2. The molecule has 0 aromatic heterocycles. The van der Waals surface area contributed by atoms with Crippen molar-refractivity contribution in [2.45, 2.75) is 58.0 Å². The second-order valence-corrected chi connectivity index (χ2v) is 12.6. The van der Waals surface area contributed by atoms with Gasteiger partial charge in [0.05, 0.1) is 26.2 Å². The topological polar surface area (TPSA) is 73.9 Å². The molecule has 0 saturated carbocycles. The highest BCUT2D eigenvalue weighted by Crippen LogP contribution is 2.36. The van der Waals surface area contributed by atoms with E-state index in [1.807, 2.05) is 30.3 Å². The quantitative estimate of drug-likeness (QED) is 0.547. The summed E-state index contributed by atoms with van der Waals surface area (Å²) < 4.78 is 16.1. The fraction of sp³-hybridized carbons (Fsp3) is 0.579. The highest BCUT2D eigenvalue weighted by molar-refractivity contribution is 6.74. The zero-order valence-electron chi connectivity index (χ0n) is 16.6. The highest BCUT2D eigenvalue weighted by atomic mass is 28.4. The lowest BCUT2D eigenvalue weighted by atomic mass is 10.2. The van der Waals surface area contributed by atoms with Gasteiger partial charge >= 0.3 is 12.1 Å². The maximum Gasteiger partial charge on any atom is 0.407 e. The molecule has 0 saturated heterocycles. The van der Waals surface area contributed by atoms with Crippen LogP contribution in [0.4, 0.5) is 4.79 Å². The Morgan fingerprint density at radius 3 is 2.31 bits per heavy atom. The van der Waals surface area contributed by atoms with Crippen LogP contribution >= 0.6 is 0 Å². The van der Waals surface area contributed by atoms with Crippen LogP contribution in [-0.2, 0) is 25.3 Å². The summed E-state index contributed by atoms with van der Waals surface area (Å²) in [5.74, 6) is -0.405. The Balaban J connectivity index is 2.62. The number of benzene rings is 1. The molecule has 1 amide bonds. The maximum absolute atomic E-state index is 12.1. The van der Waals surface area contributed by atoms with E-state index in [-0.39, 0.29) is 24.7 Å². The van der Waals surface area contributed by atoms with Gasteiger partial charge in [-0.05, 0) is 23.7 Å². The Kier molecular flexibility index (Phi) is 8.30. The second kappa shape index (κ2) is 9.73. The van der Waals surface area contributed by atoms with Crippen molar-refractivity contribution in [1.82, 2.24) is 5.32 Å².